The molecule has 0 bridgehead atoms. The Hall–Kier alpha value is -0.637. The molecular formula is C6H16O9Zn. The largest absolute Gasteiger partial charge is 2.00 e. The van der Waals surface area contributed by atoms with Crippen molar-refractivity contribution in [3.8, 4) is 0 Å². The molecule has 0 aliphatic carbocycles. The second-order valence-electron chi connectivity index (χ2n) is 1.99. The SMILES string of the molecule is CC(O)C(=O)[O-].CC(O)C(=O)[O-].O.O.O.[Zn+2]. The molecule has 9 nitrogen and oxygen atoms in total. The number of carboxylic acid groups (broad SMARTS) is 2. The molecule has 10 heteroatoms. The monoisotopic (exact) mass is 296 g/mol. The van der Waals surface area contributed by atoms with Crippen LogP contribution < -0.4 is 10.2 Å². The number of carbonyl (C=O) groups is 2. The summed E-state index contributed by atoms with van der Waals surface area (Å²) in [5.41, 5.74) is 0. The van der Waals surface area contributed by atoms with Gasteiger partial charge in [0, 0.05) is 0 Å². The smallest absolute Gasteiger partial charge is 0.547 e. The fourth-order valence-corrected chi connectivity index (χ4v) is 0. The van der Waals surface area contributed by atoms with Gasteiger partial charge in [-0.05, 0) is 13.8 Å². The second-order valence-corrected chi connectivity index (χ2v) is 1.99. The van der Waals surface area contributed by atoms with Gasteiger partial charge in [0.25, 0.3) is 0 Å². The Morgan fingerprint density at radius 1 is 0.875 bits per heavy atom. The fourth-order valence-electron chi connectivity index (χ4n) is 0. The summed E-state index contributed by atoms with van der Waals surface area (Å²) in [5, 5.41) is 34.6. The molecule has 16 heavy (non-hydrogen) atoms. The Kier molecular flexibility index (Phi) is 44.9. The molecule has 0 rings (SSSR count). The van der Waals surface area contributed by atoms with Crippen LogP contribution >= 0.6 is 0 Å². The van der Waals surface area contributed by atoms with E-state index in [9.17, 15) is 19.8 Å². The van der Waals surface area contributed by atoms with Gasteiger partial charge in [0.05, 0.1) is 24.1 Å². The average molecular weight is 298 g/mol. The van der Waals surface area contributed by atoms with E-state index in [0.717, 1.165) is 13.8 Å². The van der Waals surface area contributed by atoms with Gasteiger partial charge in [0.1, 0.15) is 0 Å². The molecule has 0 saturated carbocycles. The number of hydrogen-bond donors (Lipinski definition) is 2. The van der Waals surface area contributed by atoms with Gasteiger partial charge < -0.3 is 46.4 Å². The summed E-state index contributed by atoms with van der Waals surface area (Å²) in [6.07, 6.45) is -2.69. The molecule has 0 heterocycles. The summed E-state index contributed by atoms with van der Waals surface area (Å²) in [7, 11) is 0. The van der Waals surface area contributed by atoms with E-state index in [0.29, 0.717) is 0 Å². The van der Waals surface area contributed by atoms with E-state index in [1.807, 2.05) is 0 Å². The normalized spacial score (nSPS) is 10.2. The van der Waals surface area contributed by atoms with Crippen LogP contribution in [0.15, 0.2) is 0 Å². The predicted octanol–water partition coefficient (Wildman–Crippen LogP) is -6.24. The summed E-state index contributed by atoms with van der Waals surface area (Å²) in [6, 6.07) is 0. The van der Waals surface area contributed by atoms with Crippen molar-refractivity contribution in [1.82, 2.24) is 0 Å². The number of carboxylic acids is 2. The van der Waals surface area contributed by atoms with Crippen molar-refractivity contribution < 1.29 is 65.9 Å². The molecule has 0 aromatic carbocycles. The molecule has 96 valence electrons. The molecule has 0 aliphatic rings. The first-order valence-corrected chi connectivity index (χ1v) is 3.06. The van der Waals surface area contributed by atoms with Crippen LogP contribution in [-0.4, -0.2) is 50.8 Å². The summed E-state index contributed by atoms with van der Waals surface area (Å²) >= 11 is 0. The maximum absolute atomic E-state index is 9.34. The van der Waals surface area contributed by atoms with E-state index in [4.69, 9.17) is 10.2 Å². The van der Waals surface area contributed by atoms with Crippen molar-refractivity contribution in [2.75, 3.05) is 0 Å². The Bertz CT molecular complexity index is 140. The van der Waals surface area contributed by atoms with Crippen LogP contribution in [0.2, 0.25) is 0 Å². The van der Waals surface area contributed by atoms with Crippen LogP contribution in [0.4, 0.5) is 0 Å². The summed E-state index contributed by atoms with van der Waals surface area (Å²) in [6.45, 7) is 2.27. The van der Waals surface area contributed by atoms with E-state index < -0.39 is 24.1 Å². The van der Waals surface area contributed by atoms with Crippen molar-refractivity contribution in [2.45, 2.75) is 26.1 Å². The maximum Gasteiger partial charge on any atom is 2.00 e. The van der Waals surface area contributed by atoms with E-state index in [1.54, 1.807) is 0 Å². The third kappa shape index (κ3) is 37.7. The minimum atomic E-state index is -1.44. The Morgan fingerprint density at radius 3 is 0.938 bits per heavy atom. The zero-order valence-electron chi connectivity index (χ0n) is 8.89. The Labute approximate surface area is 104 Å². The first-order chi connectivity index (χ1) is 5.29. The fraction of sp³-hybridized carbons (Fsp3) is 0.667. The van der Waals surface area contributed by atoms with Crippen molar-refractivity contribution >= 4 is 11.9 Å². The van der Waals surface area contributed by atoms with Crippen molar-refractivity contribution in [3.05, 3.63) is 0 Å². The zero-order valence-corrected chi connectivity index (χ0v) is 11.9. The van der Waals surface area contributed by atoms with E-state index in [1.165, 1.54) is 0 Å². The zero-order chi connectivity index (χ0) is 10.3. The summed E-state index contributed by atoms with van der Waals surface area (Å²) in [5.74, 6) is -2.87. The van der Waals surface area contributed by atoms with E-state index in [2.05, 4.69) is 0 Å². The van der Waals surface area contributed by atoms with Crippen LogP contribution in [0, 0.1) is 0 Å². The van der Waals surface area contributed by atoms with Crippen LogP contribution in [0.25, 0.3) is 0 Å². The maximum atomic E-state index is 9.34. The molecule has 0 aromatic rings. The van der Waals surface area contributed by atoms with Gasteiger partial charge in [-0.25, -0.2) is 0 Å². The molecule has 0 aliphatic heterocycles. The van der Waals surface area contributed by atoms with Crippen LogP contribution in [-0.2, 0) is 29.1 Å². The number of rotatable bonds is 2. The standard InChI is InChI=1S/2C3H6O3.3H2O.Zn/c2*1-2(4)3(5)6;;;;/h2*2,4H,1H3,(H,5,6);3*1H2;/q;;;;;+2/p-2. The van der Waals surface area contributed by atoms with Gasteiger partial charge in [0.15, 0.2) is 0 Å². The van der Waals surface area contributed by atoms with E-state index in [-0.39, 0.29) is 35.9 Å². The number of aliphatic hydroxyl groups is 2. The third-order valence-corrected chi connectivity index (χ3v) is 0.682. The molecule has 0 aromatic heterocycles. The number of aliphatic hydroxyl groups excluding tert-OH is 2. The molecular weight excluding hydrogens is 281 g/mol. The first kappa shape index (κ1) is 36.2. The van der Waals surface area contributed by atoms with Gasteiger partial charge in [-0.3, -0.25) is 0 Å². The topological polar surface area (TPSA) is 215 Å². The van der Waals surface area contributed by atoms with Gasteiger partial charge >= 0.3 is 19.5 Å². The molecule has 0 radical (unpaired) electrons. The van der Waals surface area contributed by atoms with Crippen molar-refractivity contribution in [1.29, 1.82) is 0 Å². The van der Waals surface area contributed by atoms with Crippen LogP contribution in [0.3, 0.4) is 0 Å². The summed E-state index contributed by atoms with van der Waals surface area (Å²) < 4.78 is 0. The first-order valence-electron chi connectivity index (χ1n) is 3.06. The van der Waals surface area contributed by atoms with Gasteiger partial charge in [-0.2, -0.15) is 0 Å². The molecule has 2 unspecified atom stereocenters. The van der Waals surface area contributed by atoms with Crippen molar-refractivity contribution in [3.63, 3.8) is 0 Å². The number of aliphatic carboxylic acids is 2. The second kappa shape index (κ2) is 19.9. The molecule has 8 N–H and O–H groups in total. The average Bonchev–Trinajstić information content (AvgIpc) is 1.88. The number of carbonyl (C=O) groups excluding carboxylic acids is 2. The minimum Gasteiger partial charge on any atom is -0.547 e. The number of hydrogen-bond acceptors (Lipinski definition) is 6. The van der Waals surface area contributed by atoms with Gasteiger partial charge in [-0.1, -0.05) is 0 Å². The molecule has 0 saturated heterocycles. The molecule has 0 spiro atoms. The summed E-state index contributed by atoms with van der Waals surface area (Å²) in [4.78, 5) is 18.7. The van der Waals surface area contributed by atoms with Crippen molar-refractivity contribution in [2.24, 2.45) is 0 Å². The molecule has 0 fully saturated rings. The third-order valence-electron chi connectivity index (χ3n) is 0.682. The van der Waals surface area contributed by atoms with E-state index >= 15 is 0 Å². The predicted molar refractivity (Wildman–Crippen MR) is 44.2 cm³/mol. The van der Waals surface area contributed by atoms with Crippen LogP contribution in [0.5, 0.6) is 0 Å². The van der Waals surface area contributed by atoms with Gasteiger partial charge in [0.2, 0.25) is 0 Å². The quantitative estimate of drug-likeness (QED) is 0.472. The Morgan fingerprint density at radius 2 is 0.938 bits per heavy atom. The van der Waals surface area contributed by atoms with Gasteiger partial charge in [-0.15, -0.1) is 0 Å². The van der Waals surface area contributed by atoms with Crippen LogP contribution in [0.1, 0.15) is 13.8 Å². The Balaban J connectivity index is -0.0000000250. The minimum absolute atomic E-state index is 0. The molecule has 0 amide bonds. The molecule has 2 atom stereocenters.